The molecule has 2 N–H and O–H groups in total. The third-order valence-electron chi connectivity index (χ3n) is 4.48. The van der Waals surface area contributed by atoms with Crippen molar-refractivity contribution in [1.82, 2.24) is 4.57 Å². The topological polar surface area (TPSA) is 89.4 Å². The minimum absolute atomic E-state index is 0.221. The van der Waals surface area contributed by atoms with E-state index in [0.29, 0.717) is 35.7 Å². The van der Waals surface area contributed by atoms with Crippen LogP contribution in [-0.2, 0) is 11.3 Å². The number of rotatable bonds is 7. The Kier molecular flexibility index (Phi) is 6.77. The number of amides is 2. The lowest BCUT2D eigenvalue weighted by Crippen LogP contribution is -2.24. The summed E-state index contributed by atoms with van der Waals surface area (Å²) < 4.78 is 6.40. The van der Waals surface area contributed by atoms with Crippen LogP contribution in [0.2, 0.25) is 0 Å². The fourth-order valence-electron chi connectivity index (χ4n) is 2.94. The van der Waals surface area contributed by atoms with Crippen LogP contribution in [0.5, 0.6) is 0 Å². The van der Waals surface area contributed by atoms with Gasteiger partial charge < -0.3 is 19.9 Å². The molecule has 0 fully saturated rings. The van der Waals surface area contributed by atoms with Gasteiger partial charge in [0.2, 0.25) is 0 Å². The highest BCUT2D eigenvalue weighted by Gasteiger charge is 2.15. The summed E-state index contributed by atoms with van der Waals surface area (Å²) >= 11 is 0. The molecule has 154 valence electrons. The largest absolute Gasteiger partial charge is 0.383 e. The lowest BCUT2D eigenvalue weighted by atomic mass is 10.1. The maximum atomic E-state index is 12.8. The molecule has 0 spiro atoms. The first-order chi connectivity index (χ1) is 14.5. The summed E-state index contributed by atoms with van der Waals surface area (Å²) in [6, 6.07) is 17.0. The highest BCUT2D eigenvalue weighted by atomic mass is 16.5. The standard InChI is InChI=1S/C23H23N3O4/c1-16-6-5-7-18(14-16)24-23(29)19-8-3-4-9-20(19)25-22(28)17-10-11-21(27)26(15-17)12-13-30-2/h3-11,14-15H,12-13H2,1-2H3,(H,24,29)(H,25,28). The maximum absolute atomic E-state index is 12.8. The third-order valence-corrected chi connectivity index (χ3v) is 4.48. The van der Waals surface area contributed by atoms with Crippen LogP contribution in [-0.4, -0.2) is 30.1 Å². The smallest absolute Gasteiger partial charge is 0.257 e. The van der Waals surface area contributed by atoms with E-state index >= 15 is 0 Å². The molecule has 0 radical (unpaired) electrons. The summed E-state index contributed by atoms with van der Waals surface area (Å²) in [7, 11) is 1.54. The lowest BCUT2D eigenvalue weighted by molar-refractivity contribution is 0.102. The number of carbonyl (C=O) groups excluding carboxylic acids is 2. The lowest BCUT2D eigenvalue weighted by Gasteiger charge is -2.12. The second-order valence-corrected chi connectivity index (χ2v) is 6.77. The van der Waals surface area contributed by atoms with E-state index in [4.69, 9.17) is 4.74 Å². The van der Waals surface area contributed by atoms with Crippen molar-refractivity contribution in [3.63, 3.8) is 0 Å². The van der Waals surface area contributed by atoms with Crippen molar-refractivity contribution < 1.29 is 14.3 Å². The number of nitrogens with zero attached hydrogens (tertiary/aromatic N) is 1. The number of aromatic nitrogens is 1. The van der Waals surface area contributed by atoms with Crippen molar-refractivity contribution in [3.8, 4) is 0 Å². The average Bonchev–Trinajstić information content (AvgIpc) is 2.73. The number of ether oxygens (including phenoxy) is 1. The number of aryl methyl sites for hydroxylation is 1. The van der Waals surface area contributed by atoms with Gasteiger partial charge in [-0.3, -0.25) is 14.4 Å². The molecule has 0 atom stereocenters. The molecule has 0 saturated heterocycles. The average molecular weight is 405 g/mol. The molecule has 7 heteroatoms. The van der Waals surface area contributed by atoms with Crippen molar-refractivity contribution in [2.24, 2.45) is 0 Å². The Bertz CT molecular complexity index is 1120. The Hall–Kier alpha value is -3.71. The Balaban J connectivity index is 1.80. The summed E-state index contributed by atoms with van der Waals surface area (Å²) in [6.07, 6.45) is 1.48. The Morgan fingerprint density at radius 1 is 0.967 bits per heavy atom. The Morgan fingerprint density at radius 2 is 1.77 bits per heavy atom. The number of benzene rings is 2. The second-order valence-electron chi connectivity index (χ2n) is 6.77. The molecule has 2 aromatic carbocycles. The SMILES string of the molecule is COCCn1cc(C(=O)Nc2ccccc2C(=O)Nc2cccc(C)c2)ccc1=O. The molecule has 0 unspecified atom stereocenters. The molecule has 1 aromatic heterocycles. The first-order valence-corrected chi connectivity index (χ1v) is 9.46. The molecule has 1 heterocycles. The van der Waals surface area contributed by atoms with Crippen LogP contribution in [0.15, 0.2) is 71.7 Å². The van der Waals surface area contributed by atoms with Gasteiger partial charge in [-0.25, -0.2) is 0 Å². The van der Waals surface area contributed by atoms with Gasteiger partial charge in [0.1, 0.15) is 0 Å². The van der Waals surface area contributed by atoms with Crippen LogP contribution < -0.4 is 16.2 Å². The van der Waals surface area contributed by atoms with E-state index in [9.17, 15) is 14.4 Å². The van der Waals surface area contributed by atoms with Gasteiger partial charge in [-0.1, -0.05) is 24.3 Å². The Morgan fingerprint density at radius 3 is 2.53 bits per heavy atom. The molecule has 0 aliphatic carbocycles. The zero-order valence-electron chi connectivity index (χ0n) is 16.8. The van der Waals surface area contributed by atoms with Crippen LogP contribution >= 0.6 is 0 Å². The summed E-state index contributed by atoms with van der Waals surface area (Å²) in [5.41, 5.74) is 2.49. The summed E-state index contributed by atoms with van der Waals surface area (Å²) in [6.45, 7) is 2.63. The van der Waals surface area contributed by atoms with Gasteiger partial charge in [0.15, 0.2) is 0 Å². The first kappa shape index (κ1) is 21.0. The minimum Gasteiger partial charge on any atom is -0.383 e. The third kappa shape index (κ3) is 5.21. The van der Waals surface area contributed by atoms with Crippen LogP contribution in [0.1, 0.15) is 26.3 Å². The van der Waals surface area contributed by atoms with Gasteiger partial charge in [0.25, 0.3) is 17.4 Å². The van der Waals surface area contributed by atoms with Crippen LogP contribution in [0.25, 0.3) is 0 Å². The quantitative estimate of drug-likeness (QED) is 0.631. The van der Waals surface area contributed by atoms with E-state index in [-0.39, 0.29) is 11.5 Å². The Labute approximate surface area is 174 Å². The molecular weight excluding hydrogens is 382 g/mol. The molecular formula is C23H23N3O4. The zero-order chi connectivity index (χ0) is 21.5. The normalized spacial score (nSPS) is 10.5. The molecule has 0 saturated carbocycles. The van der Waals surface area contributed by atoms with Crippen molar-refractivity contribution >= 4 is 23.2 Å². The first-order valence-electron chi connectivity index (χ1n) is 9.46. The molecule has 0 bridgehead atoms. The molecule has 0 aliphatic rings. The van der Waals surface area contributed by atoms with E-state index in [2.05, 4.69) is 10.6 Å². The monoisotopic (exact) mass is 405 g/mol. The van der Waals surface area contributed by atoms with Gasteiger partial charge in [-0.2, -0.15) is 0 Å². The van der Waals surface area contributed by atoms with Crippen LogP contribution in [0, 0.1) is 6.92 Å². The van der Waals surface area contributed by atoms with Gasteiger partial charge in [-0.05, 0) is 42.8 Å². The second kappa shape index (κ2) is 9.67. The number of pyridine rings is 1. The number of nitrogens with one attached hydrogen (secondary N) is 2. The van der Waals surface area contributed by atoms with E-state index < -0.39 is 5.91 Å². The van der Waals surface area contributed by atoms with Gasteiger partial charge >= 0.3 is 0 Å². The molecule has 3 aromatic rings. The van der Waals surface area contributed by atoms with Crippen molar-refractivity contribution in [2.45, 2.75) is 13.5 Å². The van der Waals surface area contributed by atoms with E-state index in [1.165, 1.54) is 22.9 Å². The number of hydrogen-bond acceptors (Lipinski definition) is 4. The molecule has 0 aliphatic heterocycles. The van der Waals surface area contributed by atoms with Crippen molar-refractivity contribution in [2.75, 3.05) is 24.4 Å². The van der Waals surface area contributed by atoms with Crippen molar-refractivity contribution in [3.05, 3.63) is 93.9 Å². The number of anilines is 2. The number of carbonyl (C=O) groups is 2. The van der Waals surface area contributed by atoms with Gasteiger partial charge in [-0.15, -0.1) is 0 Å². The van der Waals surface area contributed by atoms with E-state index in [0.717, 1.165) is 5.56 Å². The van der Waals surface area contributed by atoms with E-state index in [1.54, 1.807) is 37.4 Å². The van der Waals surface area contributed by atoms with Gasteiger partial charge in [0, 0.05) is 31.6 Å². The summed E-state index contributed by atoms with van der Waals surface area (Å²) in [4.78, 5) is 37.4. The predicted octanol–water partition coefficient (Wildman–Crippen LogP) is 3.31. The highest BCUT2D eigenvalue weighted by Crippen LogP contribution is 2.19. The number of para-hydroxylation sites is 1. The van der Waals surface area contributed by atoms with Crippen molar-refractivity contribution in [1.29, 1.82) is 0 Å². The molecule has 2 amide bonds. The fourth-order valence-corrected chi connectivity index (χ4v) is 2.94. The van der Waals surface area contributed by atoms with Crippen LogP contribution in [0.3, 0.4) is 0 Å². The maximum Gasteiger partial charge on any atom is 0.257 e. The fraction of sp³-hybridized carbons (Fsp3) is 0.174. The molecule has 30 heavy (non-hydrogen) atoms. The zero-order valence-corrected chi connectivity index (χ0v) is 16.8. The van der Waals surface area contributed by atoms with Gasteiger partial charge in [0.05, 0.1) is 23.4 Å². The summed E-state index contributed by atoms with van der Waals surface area (Å²) in [5.74, 6) is -0.751. The summed E-state index contributed by atoms with van der Waals surface area (Å²) in [5, 5.41) is 5.60. The number of hydrogen-bond donors (Lipinski definition) is 2. The highest BCUT2D eigenvalue weighted by molar-refractivity contribution is 6.12. The number of methoxy groups -OCH3 is 1. The van der Waals surface area contributed by atoms with E-state index in [1.807, 2.05) is 25.1 Å². The predicted molar refractivity (Wildman–Crippen MR) is 116 cm³/mol. The molecule has 3 rings (SSSR count). The minimum atomic E-state index is -0.419. The van der Waals surface area contributed by atoms with Crippen LogP contribution in [0.4, 0.5) is 11.4 Å². The molecule has 7 nitrogen and oxygen atoms in total.